The van der Waals surface area contributed by atoms with E-state index in [1.54, 1.807) is 6.20 Å². The Bertz CT molecular complexity index is 894. The third kappa shape index (κ3) is 3.21. The summed E-state index contributed by atoms with van der Waals surface area (Å²) < 4.78 is 0. The Morgan fingerprint density at radius 1 is 1.16 bits per heavy atom. The lowest BCUT2D eigenvalue weighted by molar-refractivity contribution is 0.0234. The van der Waals surface area contributed by atoms with Crippen LogP contribution < -0.4 is 5.32 Å². The summed E-state index contributed by atoms with van der Waals surface area (Å²) in [4.78, 5) is 25.0. The fourth-order valence-electron chi connectivity index (χ4n) is 3.27. The number of fused-ring (bicyclic) bond motifs is 1. The minimum atomic E-state index is -0.297. The lowest BCUT2D eigenvalue weighted by Crippen LogP contribution is -2.41. The van der Waals surface area contributed by atoms with Crippen LogP contribution in [0.25, 0.3) is 10.9 Å². The van der Waals surface area contributed by atoms with E-state index in [9.17, 15) is 9.90 Å². The molecule has 0 aliphatic heterocycles. The van der Waals surface area contributed by atoms with E-state index in [0.29, 0.717) is 12.8 Å². The van der Waals surface area contributed by atoms with Crippen molar-refractivity contribution in [3.63, 3.8) is 0 Å². The fraction of sp³-hybridized carbons (Fsp3) is 0.263. The van der Waals surface area contributed by atoms with Gasteiger partial charge in [-0.25, -0.2) is 4.98 Å². The van der Waals surface area contributed by atoms with Crippen molar-refractivity contribution < 1.29 is 9.90 Å². The standard InChI is InChI=1S/C19H18N4O2/c24-15-8-13(9-15)18(23-19(25)17-11-20-5-6-21-17)14-7-12-3-1-2-4-16(12)22-10-14/h1-7,10-11,13,15,18,24H,8-9H2,(H,23,25). The van der Waals surface area contributed by atoms with E-state index in [1.165, 1.54) is 18.6 Å². The number of carbonyl (C=O) groups is 1. The van der Waals surface area contributed by atoms with Gasteiger partial charge in [0.15, 0.2) is 0 Å². The highest BCUT2D eigenvalue weighted by Gasteiger charge is 2.36. The first-order chi connectivity index (χ1) is 12.2. The van der Waals surface area contributed by atoms with Crippen molar-refractivity contribution in [3.8, 4) is 0 Å². The maximum absolute atomic E-state index is 12.5. The zero-order valence-corrected chi connectivity index (χ0v) is 13.5. The molecule has 1 unspecified atom stereocenters. The number of benzene rings is 1. The van der Waals surface area contributed by atoms with Crippen LogP contribution in [0, 0.1) is 5.92 Å². The molecule has 0 spiro atoms. The third-order valence-electron chi connectivity index (χ3n) is 4.67. The Morgan fingerprint density at radius 3 is 2.76 bits per heavy atom. The van der Waals surface area contributed by atoms with Gasteiger partial charge >= 0.3 is 0 Å². The van der Waals surface area contributed by atoms with Gasteiger partial charge in [-0.3, -0.25) is 14.8 Å². The van der Waals surface area contributed by atoms with E-state index in [0.717, 1.165) is 16.5 Å². The number of amides is 1. The lowest BCUT2D eigenvalue weighted by Gasteiger charge is -2.38. The average molecular weight is 334 g/mol. The Morgan fingerprint density at radius 2 is 2.00 bits per heavy atom. The van der Waals surface area contributed by atoms with E-state index in [-0.39, 0.29) is 29.7 Å². The van der Waals surface area contributed by atoms with Crippen LogP contribution in [0.15, 0.2) is 55.1 Å². The number of carbonyl (C=O) groups excluding carboxylic acids is 1. The van der Waals surface area contributed by atoms with Crippen molar-refractivity contribution in [1.29, 1.82) is 0 Å². The normalized spacial score (nSPS) is 20.7. The van der Waals surface area contributed by atoms with Gasteiger partial charge < -0.3 is 10.4 Å². The van der Waals surface area contributed by atoms with Gasteiger partial charge in [0.05, 0.1) is 23.9 Å². The molecule has 6 nitrogen and oxygen atoms in total. The minimum absolute atomic E-state index is 0.179. The second-order valence-electron chi connectivity index (χ2n) is 6.39. The van der Waals surface area contributed by atoms with E-state index in [2.05, 4.69) is 26.3 Å². The summed E-state index contributed by atoms with van der Waals surface area (Å²) in [5.74, 6) is -0.0915. The molecule has 0 radical (unpaired) electrons. The Kier molecular flexibility index (Phi) is 4.11. The first-order valence-electron chi connectivity index (χ1n) is 8.30. The first-order valence-corrected chi connectivity index (χ1v) is 8.30. The van der Waals surface area contributed by atoms with Crippen molar-refractivity contribution in [2.45, 2.75) is 25.0 Å². The Labute approximate surface area is 145 Å². The monoisotopic (exact) mass is 334 g/mol. The van der Waals surface area contributed by atoms with E-state index in [1.807, 2.05) is 24.3 Å². The number of hydrogen-bond donors (Lipinski definition) is 2. The number of nitrogens with one attached hydrogen (secondary N) is 1. The van der Waals surface area contributed by atoms with Gasteiger partial charge in [0.25, 0.3) is 5.91 Å². The largest absolute Gasteiger partial charge is 0.393 e. The molecule has 1 aliphatic rings. The molecule has 1 fully saturated rings. The van der Waals surface area contributed by atoms with Crippen LogP contribution in [-0.4, -0.2) is 32.1 Å². The molecule has 4 rings (SSSR count). The molecule has 0 bridgehead atoms. The molecule has 1 saturated carbocycles. The predicted molar refractivity (Wildman–Crippen MR) is 92.7 cm³/mol. The highest BCUT2D eigenvalue weighted by atomic mass is 16.3. The number of aliphatic hydroxyl groups is 1. The molecule has 1 amide bonds. The Hall–Kier alpha value is -2.86. The molecule has 2 N–H and O–H groups in total. The lowest BCUT2D eigenvalue weighted by atomic mass is 9.75. The summed E-state index contributed by atoms with van der Waals surface area (Å²) in [6, 6.07) is 9.71. The average Bonchev–Trinajstić information content (AvgIpc) is 2.64. The Balaban J connectivity index is 1.64. The van der Waals surface area contributed by atoms with E-state index >= 15 is 0 Å². The molecule has 6 heteroatoms. The van der Waals surface area contributed by atoms with E-state index < -0.39 is 0 Å². The number of nitrogens with zero attached hydrogens (tertiary/aromatic N) is 3. The maximum Gasteiger partial charge on any atom is 0.271 e. The molecule has 2 aromatic heterocycles. The number of rotatable bonds is 4. The van der Waals surface area contributed by atoms with Crippen molar-refractivity contribution in [2.24, 2.45) is 5.92 Å². The fourth-order valence-corrected chi connectivity index (χ4v) is 3.27. The molecular weight excluding hydrogens is 316 g/mol. The summed E-state index contributed by atoms with van der Waals surface area (Å²) in [7, 11) is 0. The quantitative estimate of drug-likeness (QED) is 0.764. The number of hydrogen-bond acceptors (Lipinski definition) is 5. The van der Waals surface area contributed by atoms with Gasteiger partial charge in [-0.2, -0.15) is 0 Å². The molecule has 126 valence electrons. The van der Waals surface area contributed by atoms with Gasteiger partial charge in [0.1, 0.15) is 5.69 Å². The molecule has 3 aromatic rings. The molecule has 1 aromatic carbocycles. The SMILES string of the molecule is O=C(NC(c1cnc2ccccc2c1)C1CC(O)C1)c1cnccn1. The summed E-state index contributed by atoms with van der Waals surface area (Å²) in [5, 5.41) is 13.8. The van der Waals surface area contributed by atoms with Crippen LogP contribution >= 0.6 is 0 Å². The zero-order chi connectivity index (χ0) is 17.2. The summed E-state index contributed by atoms with van der Waals surface area (Å²) in [5.41, 5.74) is 2.13. The highest BCUT2D eigenvalue weighted by molar-refractivity contribution is 5.92. The summed E-state index contributed by atoms with van der Waals surface area (Å²) in [6.45, 7) is 0. The van der Waals surface area contributed by atoms with Crippen LogP contribution in [0.5, 0.6) is 0 Å². The molecule has 1 aliphatic carbocycles. The number of aliphatic hydroxyl groups excluding tert-OH is 1. The van der Waals surface area contributed by atoms with Gasteiger partial charge in [-0.15, -0.1) is 0 Å². The van der Waals surface area contributed by atoms with Gasteiger partial charge in [-0.05, 0) is 36.5 Å². The number of aromatic nitrogens is 3. The smallest absolute Gasteiger partial charge is 0.271 e. The van der Waals surface area contributed by atoms with Crippen LogP contribution in [0.3, 0.4) is 0 Å². The van der Waals surface area contributed by atoms with Gasteiger partial charge in [-0.1, -0.05) is 18.2 Å². The van der Waals surface area contributed by atoms with Crippen molar-refractivity contribution in [2.75, 3.05) is 0 Å². The van der Waals surface area contributed by atoms with Crippen molar-refractivity contribution in [1.82, 2.24) is 20.3 Å². The van der Waals surface area contributed by atoms with Crippen molar-refractivity contribution in [3.05, 3.63) is 66.4 Å². The number of para-hydroxylation sites is 1. The van der Waals surface area contributed by atoms with Crippen LogP contribution in [0.2, 0.25) is 0 Å². The summed E-state index contributed by atoms with van der Waals surface area (Å²) in [6.07, 6.45) is 7.30. The molecule has 1 atom stereocenters. The van der Waals surface area contributed by atoms with Gasteiger partial charge in [0.2, 0.25) is 0 Å². The molecular formula is C19H18N4O2. The number of pyridine rings is 1. The zero-order valence-electron chi connectivity index (χ0n) is 13.5. The highest BCUT2D eigenvalue weighted by Crippen LogP contribution is 2.38. The maximum atomic E-state index is 12.5. The van der Waals surface area contributed by atoms with E-state index in [4.69, 9.17) is 0 Å². The van der Waals surface area contributed by atoms with Crippen LogP contribution in [-0.2, 0) is 0 Å². The minimum Gasteiger partial charge on any atom is -0.393 e. The summed E-state index contributed by atoms with van der Waals surface area (Å²) >= 11 is 0. The predicted octanol–water partition coefficient (Wildman–Crippen LogP) is 2.27. The van der Waals surface area contributed by atoms with Crippen molar-refractivity contribution >= 4 is 16.8 Å². The molecule has 25 heavy (non-hydrogen) atoms. The third-order valence-corrected chi connectivity index (χ3v) is 4.67. The van der Waals surface area contributed by atoms with Crippen LogP contribution in [0.4, 0.5) is 0 Å². The molecule has 0 saturated heterocycles. The van der Waals surface area contributed by atoms with Crippen LogP contribution in [0.1, 0.15) is 34.9 Å². The second-order valence-corrected chi connectivity index (χ2v) is 6.39. The topological polar surface area (TPSA) is 88.0 Å². The molecule has 2 heterocycles. The second kappa shape index (κ2) is 6.57. The van der Waals surface area contributed by atoms with Gasteiger partial charge in [0, 0.05) is 24.0 Å². The first kappa shape index (κ1) is 15.7.